The van der Waals surface area contributed by atoms with Crippen LogP contribution in [0.4, 0.5) is 11.5 Å². The topological polar surface area (TPSA) is 68.5 Å². The number of rotatable bonds is 2. The van der Waals surface area contributed by atoms with E-state index in [0.717, 1.165) is 17.0 Å². The molecule has 1 aromatic heterocycles. The number of hydrogen-bond acceptors (Lipinski definition) is 4. The second-order valence-corrected chi connectivity index (χ2v) is 4.33. The first kappa shape index (κ1) is 11.5. The molecule has 5 heteroatoms. The van der Waals surface area contributed by atoms with E-state index in [4.69, 9.17) is 10.5 Å². The van der Waals surface area contributed by atoms with Crippen LogP contribution >= 0.6 is 0 Å². The minimum absolute atomic E-state index is 0.0597. The molecule has 0 atom stereocenters. The van der Waals surface area contributed by atoms with E-state index in [1.807, 2.05) is 30.3 Å². The standard InChI is InChI=1S/C14H13N3O2/c15-13-6-5-10(7-16-13)8-17-11-3-1-2-4-12(11)19-9-14(17)18/h1-7H,8-9H2,(H2,15,16). The lowest BCUT2D eigenvalue weighted by Gasteiger charge is -2.29. The number of nitrogen functional groups attached to an aromatic ring is 1. The zero-order valence-corrected chi connectivity index (χ0v) is 10.2. The Hall–Kier alpha value is -2.56. The van der Waals surface area contributed by atoms with Gasteiger partial charge < -0.3 is 15.4 Å². The van der Waals surface area contributed by atoms with Gasteiger partial charge in [-0.15, -0.1) is 0 Å². The number of anilines is 2. The Morgan fingerprint density at radius 2 is 2.11 bits per heavy atom. The van der Waals surface area contributed by atoms with E-state index >= 15 is 0 Å². The van der Waals surface area contributed by atoms with Crippen LogP contribution in [0.2, 0.25) is 0 Å². The van der Waals surface area contributed by atoms with E-state index in [-0.39, 0.29) is 12.5 Å². The van der Waals surface area contributed by atoms with E-state index in [0.29, 0.717) is 12.4 Å². The number of aromatic nitrogens is 1. The van der Waals surface area contributed by atoms with Crippen molar-refractivity contribution in [2.75, 3.05) is 17.2 Å². The number of amides is 1. The van der Waals surface area contributed by atoms with Gasteiger partial charge in [0.05, 0.1) is 12.2 Å². The van der Waals surface area contributed by atoms with Crippen LogP contribution in [0.1, 0.15) is 5.56 Å². The van der Waals surface area contributed by atoms with Gasteiger partial charge in [0, 0.05) is 6.20 Å². The van der Waals surface area contributed by atoms with Crippen molar-refractivity contribution in [3.8, 4) is 5.75 Å². The van der Waals surface area contributed by atoms with Crippen LogP contribution in [0.5, 0.6) is 5.75 Å². The summed E-state index contributed by atoms with van der Waals surface area (Å²) in [6.07, 6.45) is 1.68. The fourth-order valence-electron chi connectivity index (χ4n) is 2.04. The molecule has 1 aromatic carbocycles. The lowest BCUT2D eigenvalue weighted by molar-refractivity contribution is -0.121. The summed E-state index contributed by atoms with van der Waals surface area (Å²) in [4.78, 5) is 17.7. The molecule has 0 radical (unpaired) electrons. The van der Waals surface area contributed by atoms with Gasteiger partial charge in [0.1, 0.15) is 11.6 Å². The predicted molar refractivity (Wildman–Crippen MR) is 71.8 cm³/mol. The number of nitrogens with two attached hydrogens (primary N) is 1. The van der Waals surface area contributed by atoms with Gasteiger partial charge in [-0.25, -0.2) is 4.98 Å². The van der Waals surface area contributed by atoms with E-state index < -0.39 is 0 Å². The lowest BCUT2D eigenvalue weighted by atomic mass is 10.2. The molecule has 0 saturated carbocycles. The first-order valence-corrected chi connectivity index (χ1v) is 5.96. The highest BCUT2D eigenvalue weighted by molar-refractivity contribution is 5.97. The average molecular weight is 255 g/mol. The molecule has 3 rings (SSSR count). The Bertz CT molecular complexity index is 610. The Labute approximate surface area is 110 Å². The maximum Gasteiger partial charge on any atom is 0.265 e. The van der Waals surface area contributed by atoms with E-state index in [1.54, 1.807) is 17.2 Å². The number of nitrogens with zero attached hydrogens (tertiary/aromatic N) is 2. The molecule has 0 unspecified atom stereocenters. The molecule has 0 fully saturated rings. The smallest absolute Gasteiger partial charge is 0.265 e. The highest BCUT2D eigenvalue weighted by atomic mass is 16.5. The Kier molecular flexibility index (Phi) is 2.79. The van der Waals surface area contributed by atoms with Gasteiger partial charge in [0.25, 0.3) is 5.91 Å². The number of hydrogen-bond donors (Lipinski definition) is 1. The minimum Gasteiger partial charge on any atom is -0.482 e. The average Bonchev–Trinajstić information content (AvgIpc) is 2.44. The zero-order valence-electron chi connectivity index (χ0n) is 10.2. The summed E-state index contributed by atoms with van der Waals surface area (Å²) in [5, 5.41) is 0. The first-order chi connectivity index (χ1) is 9.24. The van der Waals surface area contributed by atoms with E-state index in [1.165, 1.54) is 0 Å². The van der Waals surface area contributed by atoms with Crippen LogP contribution in [0, 0.1) is 0 Å². The second kappa shape index (κ2) is 4.61. The molecule has 1 aliphatic heterocycles. The monoisotopic (exact) mass is 255 g/mol. The molecule has 2 heterocycles. The number of ether oxygens (including phenoxy) is 1. The molecule has 1 aliphatic rings. The van der Waals surface area contributed by atoms with Crippen molar-refractivity contribution in [3.63, 3.8) is 0 Å². The van der Waals surface area contributed by atoms with Crippen molar-refractivity contribution in [1.82, 2.24) is 4.98 Å². The summed E-state index contributed by atoms with van der Waals surface area (Å²) in [5.74, 6) is 1.14. The number of carbonyl (C=O) groups is 1. The fourth-order valence-corrected chi connectivity index (χ4v) is 2.04. The van der Waals surface area contributed by atoms with Gasteiger partial charge in [-0.3, -0.25) is 4.79 Å². The first-order valence-electron chi connectivity index (χ1n) is 5.96. The number of fused-ring (bicyclic) bond motifs is 1. The van der Waals surface area contributed by atoms with Gasteiger partial charge in [0.15, 0.2) is 6.61 Å². The van der Waals surface area contributed by atoms with Gasteiger partial charge in [-0.2, -0.15) is 0 Å². The van der Waals surface area contributed by atoms with Crippen molar-refractivity contribution in [1.29, 1.82) is 0 Å². The molecular formula is C14H13N3O2. The Morgan fingerprint density at radius 1 is 1.26 bits per heavy atom. The third kappa shape index (κ3) is 2.22. The van der Waals surface area contributed by atoms with Crippen molar-refractivity contribution in [2.45, 2.75) is 6.54 Å². The summed E-state index contributed by atoms with van der Waals surface area (Å²) in [6, 6.07) is 11.1. The molecule has 96 valence electrons. The third-order valence-electron chi connectivity index (χ3n) is 3.00. The highest BCUT2D eigenvalue weighted by Gasteiger charge is 2.25. The van der Waals surface area contributed by atoms with Crippen molar-refractivity contribution in [3.05, 3.63) is 48.2 Å². The predicted octanol–water partition coefficient (Wildman–Crippen LogP) is 1.59. The maximum atomic E-state index is 12.0. The number of benzene rings is 1. The van der Waals surface area contributed by atoms with Crippen molar-refractivity contribution >= 4 is 17.4 Å². The molecule has 0 bridgehead atoms. The minimum atomic E-state index is -0.0597. The number of para-hydroxylation sites is 2. The molecule has 5 nitrogen and oxygen atoms in total. The van der Waals surface area contributed by atoms with Crippen LogP contribution in [0.25, 0.3) is 0 Å². The Morgan fingerprint density at radius 3 is 2.89 bits per heavy atom. The fraction of sp³-hybridized carbons (Fsp3) is 0.143. The number of carbonyl (C=O) groups excluding carboxylic acids is 1. The van der Waals surface area contributed by atoms with Crippen molar-refractivity contribution in [2.24, 2.45) is 0 Å². The summed E-state index contributed by atoms with van der Waals surface area (Å²) in [7, 11) is 0. The summed E-state index contributed by atoms with van der Waals surface area (Å²) in [5.41, 5.74) is 7.27. The summed E-state index contributed by atoms with van der Waals surface area (Å²) in [6.45, 7) is 0.534. The number of pyridine rings is 1. The summed E-state index contributed by atoms with van der Waals surface area (Å²) >= 11 is 0. The lowest BCUT2D eigenvalue weighted by Crippen LogP contribution is -2.38. The van der Waals surface area contributed by atoms with Crippen LogP contribution in [0.15, 0.2) is 42.6 Å². The van der Waals surface area contributed by atoms with Gasteiger partial charge in [-0.1, -0.05) is 18.2 Å². The van der Waals surface area contributed by atoms with Crippen molar-refractivity contribution < 1.29 is 9.53 Å². The van der Waals surface area contributed by atoms with E-state index in [9.17, 15) is 4.79 Å². The molecule has 2 aromatic rings. The maximum absolute atomic E-state index is 12.0. The third-order valence-corrected chi connectivity index (χ3v) is 3.00. The second-order valence-electron chi connectivity index (χ2n) is 4.33. The summed E-state index contributed by atoms with van der Waals surface area (Å²) < 4.78 is 5.40. The van der Waals surface area contributed by atoms with Gasteiger partial charge in [-0.05, 0) is 23.8 Å². The van der Waals surface area contributed by atoms with Crippen LogP contribution in [0.3, 0.4) is 0 Å². The molecule has 2 N–H and O–H groups in total. The van der Waals surface area contributed by atoms with Crippen LogP contribution in [-0.2, 0) is 11.3 Å². The highest BCUT2D eigenvalue weighted by Crippen LogP contribution is 2.32. The Balaban J connectivity index is 1.91. The molecule has 1 amide bonds. The SMILES string of the molecule is Nc1ccc(CN2C(=O)COc3ccccc32)cn1. The van der Waals surface area contributed by atoms with Crippen LogP contribution < -0.4 is 15.4 Å². The molecule has 0 spiro atoms. The normalized spacial score (nSPS) is 13.9. The molecule has 0 saturated heterocycles. The van der Waals surface area contributed by atoms with Crippen LogP contribution in [-0.4, -0.2) is 17.5 Å². The van der Waals surface area contributed by atoms with Gasteiger partial charge in [0.2, 0.25) is 0 Å². The van der Waals surface area contributed by atoms with E-state index in [2.05, 4.69) is 4.98 Å². The molecule has 0 aliphatic carbocycles. The largest absolute Gasteiger partial charge is 0.482 e. The van der Waals surface area contributed by atoms with Gasteiger partial charge >= 0.3 is 0 Å². The quantitative estimate of drug-likeness (QED) is 0.884. The molecule has 19 heavy (non-hydrogen) atoms. The molecular weight excluding hydrogens is 242 g/mol. The zero-order chi connectivity index (χ0) is 13.2.